The molecule has 0 spiro atoms. The Labute approximate surface area is 98.0 Å². The lowest BCUT2D eigenvalue weighted by molar-refractivity contribution is -0.102. The van der Waals surface area contributed by atoms with Crippen LogP contribution in [0.3, 0.4) is 0 Å². The Kier molecular flexibility index (Phi) is 3.04. The molecule has 2 rings (SSSR count). The Morgan fingerprint density at radius 3 is 2.69 bits per heavy atom. The molecule has 0 saturated carbocycles. The third-order valence-corrected chi connectivity index (χ3v) is 3.47. The summed E-state index contributed by atoms with van der Waals surface area (Å²) in [6.07, 6.45) is 0.278. The number of ether oxygens (including phenoxy) is 1. The van der Waals surface area contributed by atoms with Crippen LogP contribution in [0.2, 0.25) is 0 Å². The van der Waals surface area contributed by atoms with Gasteiger partial charge in [0.15, 0.2) is 0 Å². The van der Waals surface area contributed by atoms with Crippen molar-refractivity contribution < 1.29 is 4.74 Å². The van der Waals surface area contributed by atoms with Crippen molar-refractivity contribution in [2.24, 2.45) is 0 Å². The van der Waals surface area contributed by atoms with Gasteiger partial charge in [-0.2, -0.15) is 0 Å². The Hall–Kier alpha value is -0.860. The van der Waals surface area contributed by atoms with Gasteiger partial charge in [0.1, 0.15) is 5.60 Å². The molecule has 0 aliphatic carbocycles. The van der Waals surface area contributed by atoms with Crippen LogP contribution in [0.4, 0.5) is 0 Å². The van der Waals surface area contributed by atoms with E-state index >= 15 is 0 Å². The highest BCUT2D eigenvalue weighted by Crippen LogP contribution is 2.29. The molecular weight excluding hydrogens is 198 g/mol. The third kappa shape index (κ3) is 2.13. The highest BCUT2D eigenvalue weighted by molar-refractivity contribution is 5.33. The van der Waals surface area contributed by atoms with E-state index in [1.54, 1.807) is 0 Å². The zero-order chi connectivity index (χ0) is 11.8. The lowest BCUT2D eigenvalue weighted by atomic mass is 9.91. The Morgan fingerprint density at radius 2 is 2.06 bits per heavy atom. The van der Waals surface area contributed by atoms with Crippen LogP contribution in [0.15, 0.2) is 18.2 Å². The molecular formula is C14H21NO. The maximum absolute atomic E-state index is 6.09. The van der Waals surface area contributed by atoms with E-state index in [-0.39, 0.29) is 11.7 Å². The predicted octanol–water partition coefficient (Wildman–Crippen LogP) is 2.53. The largest absolute Gasteiger partial charge is 0.365 e. The summed E-state index contributed by atoms with van der Waals surface area (Å²) in [5.74, 6) is 0. The van der Waals surface area contributed by atoms with Crippen LogP contribution in [0.5, 0.6) is 0 Å². The molecule has 88 valence electrons. The predicted molar refractivity (Wildman–Crippen MR) is 66.7 cm³/mol. The van der Waals surface area contributed by atoms with Crippen molar-refractivity contribution in [1.82, 2.24) is 5.32 Å². The summed E-state index contributed by atoms with van der Waals surface area (Å²) in [5.41, 5.74) is 3.76. The lowest BCUT2D eigenvalue weighted by Crippen LogP contribution is -2.49. The molecule has 1 aromatic carbocycles. The molecule has 1 heterocycles. The molecule has 16 heavy (non-hydrogen) atoms. The van der Waals surface area contributed by atoms with Crippen molar-refractivity contribution in [1.29, 1.82) is 0 Å². The van der Waals surface area contributed by atoms with Gasteiger partial charge >= 0.3 is 0 Å². The number of hydrogen-bond acceptors (Lipinski definition) is 2. The summed E-state index contributed by atoms with van der Waals surface area (Å²) in [4.78, 5) is 0. The monoisotopic (exact) mass is 219 g/mol. The fourth-order valence-electron chi connectivity index (χ4n) is 2.28. The molecule has 1 saturated heterocycles. The molecule has 0 bridgehead atoms. The fourth-order valence-corrected chi connectivity index (χ4v) is 2.28. The number of rotatable bonds is 1. The summed E-state index contributed by atoms with van der Waals surface area (Å²) >= 11 is 0. The normalized spacial score (nSPS) is 30.4. The zero-order valence-corrected chi connectivity index (χ0v) is 10.6. The second-order valence-electron chi connectivity index (χ2n) is 5.09. The quantitative estimate of drug-likeness (QED) is 0.783. The van der Waals surface area contributed by atoms with Gasteiger partial charge in [0, 0.05) is 13.1 Å². The molecule has 0 amide bonds. The van der Waals surface area contributed by atoms with E-state index < -0.39 is 0 Å². The fraction of sp³-hybridized carbons (Fsp3) is 0.571. The van der Waals surface area contributed by atoms with Crippen LogP contribution < -0.4 is 5.32 Å². The minimum Gasteiger partial charge on any atom is -0.365 e. The van der Waals surface area contributed by atoms with Crippen LogP contribution >= 0.6 is 0 Å². The van der Waals surface area contributed by atoms with Crippen LogP contribution in [0.25, 0.3) is 0 Å². The lowest BCUT2D eigenvalue weighted by Gasteiger charge is -2.38. The topological polar surface area (TPSA) is 21.3 Å². The molecule has 2 heteroatoms. The molecule has 0 radical (unpaired) electrons. The minimum atomic E-state index is -0.184. The SMILES string of the molecule is Cc1ccc(C2(C)CNCC(C)O2)cc1C. The van der Waals surface area contributed by atoms with E-state index in [1.165, 1.54) is 16.7 Å². The zero-order valence-electron chi connectivity index (χ0n) is 10.6. The van der Waals surface area contributed by atoms with E-state index in [1.807, 2.05) is 0 Å². The van der Waals surface area contributed by atoms with Crippen molar-refractivity contribution in [3.05, 3.63) is 34.9 Å². The van der Waals surface area contributed by atoms with Gasteiger partial charge in [-0.3, -0.25) is 0 Å². The number of aryl methyl sites for hydroxylation is 2. The third-order valence-electron chi connectivity index (χ3n) is 3.47. The molecule has 2 atom stereocenters. The van der Waals surface area contributed by atoms with Crippen LogP contribution in [0, 0.1) is 13.8 Å². The van der Waals surface area contributed by atoms with E-state index in [4.69, 9.17) is 4.74 Å². The Balaban J connectivity index is 2.31. The van der Waals surface area contributed by atoms with Crippen molar-refractivity contribution in [3.8, 4) is 0 Å². The molecule has 1 fully saturated rings. The number of hydrogen-bond donors (Lipinski definition) is 1. The van der Waals surface area contributed by atoms with Gasteiger partial charge < -0.3 is 10.1 Å². The summed E-state index contributed by atoms with van der Waals surface area (Å²) in [6.45, 7) is 10.4. The second kappa shape index (κ2) is 4.19. The molecule has 1 N–H and O–H groups in total. The highest BCUT2D eigenvalue weighted by atomic mass is 16.5. The molecule has 1 aliphatic rings. The van der Waals surface area contributed by atoms with Crippen LogP contribution in [-0.4, -0.2) is 19.2 Å². The Morgan fingerprint density at radius 1 is 1.31 bits per heavy atom. The standard InChI is InChI=1S/C14H21NO/c1-10-5-6-13(7-11(10)2)14(4)9-15-8-12(3)16-14/h5-7,12,15H,8-9H2,1-4H3. The van der Waals surface area contributed by atoms with Gasteiger partial charge in [-0.25, -0.2) is 0 Å². The van der Waals surface area contributed by atoms with E-state index in [9.17, 15) is 0 Å². The second-order valence-corrected chi connectivity index (χ2v) is 5.09. The van der Waals surface area contributed by atoms with Crippen molar-refractivity contribution in [3.63, 3.8) is 0 Å². The smallest absolute Gasteiger partial charge is 0.103 e. The molecule has 0 aromatic heterocycles. The highest BCUT2D eigenvalue weighted by Gasteiger charge is 2.32. The molecule has 1 aromatic rings. The summed E-state index contributed by atoms with van der Waals surface area (Å²) < 4.78 is 6.09. The van der Waals surface area contributed by atoms with Gasteiger partial charge in [-0.1, -0.05) is 18.2 Å². The molecule has 2 nitrogen and oxygen atoms in total. The number of morpholine rings is 1. The average Bonchev–Trinajstić information content (AvgIpc) is 2.21. The maximum Gasteiger partial charge on any atom is 0.103 e. The Bertz CT molecular complexity index is 388. The molecule has 2 unspecified atom stereocenters. The van der Waals surface area contributed by atoms with Gasteiger partial charge in [-0.05, 0) is 44.4 Å². The first-order valence-corrected chi connectivity index (χ1v) is 5.97. The van der Waals surface area contributed by atoms with Gasteiger partial charge in [-0.15, -0.1) is 0 Å². The van der Waals surface area contributed by atoms with Crippen LogP contribution in [-0.2, 0) is 10.3 Å². The summed E-state index contributed by atoms with van der Waals surface area (Å²) in [5, 5.41) is 3.43. The van der Waals surface area contributed by atoms with E-state index in [0.717, 1.165) is 13.1 Å². The van der Waals surface area contributed by atoms with Gasteiger partial charge in [0.05, 0.1) is 6.10 Å². The van der Waals surface area contributed by atoms with E-state index in [2.05, 4.69) is 51.2 Å². The number of nitrogens with one attached hydrogen (secondary N) is 1. The first kappa shape index (κ1) is 11.6. The first-order chi connectivity index (χ1) is 7.51. The van der Waals surface area contributed by atoms with Crippen molar-refractivity contribution in [2.75, 3.05) is 13.1 Å². The van der Waals surface area contributed by atoms with Crippen molar-refractivity contribution >= 4 is 0 Å². The molecule has 1 aliphatic heterocycles. The van der Waals surface area contributed by atoms with Gasteiger partial charge in [0.25, 0.3) is 0 Å². The average molecular weight is 219 g/mol. The first-order valence-electron chi connectivity index (χ1n) is 5.97. The summed E-state index contributed by atoms with van der Waals surface area (Å²) in [7, 11) is 0. The van der Waals surface area contributed by atoms with E-state index in [0.29, 0.717) is 0 Å². The summed E-state index contributed by atoms with van der Waals surface area (Å²) in [6, 6.07) is 6.61. The minimum absolute atomic E-state index is 0.184. The number of benzene rings is 1. The maximum atomic E-state index is 6.09. The van der Waals surface area contributed by atoms with Gasteiger partial charge in [0.2, 0.25) is 0 Å². The van der Waals surface area contributed by atoms with Crippen LogP contribution in [0.1, 0.15) is 30.5 Å². The van der Waals surface area contributed by atoms with Crippen molar-refractivity contribution in [2.45, 2.75) is 39.4 Å².